The Morgan fingerprint density at radius 3 is 2.83 bits per heavy atom. The number of halogens is 1. The molecule has 1 aliphatic heterocycles. The molecule has 1 unspecified atom stereocenters. The minimum absolute atomic E-state index is 0.100. The highest BCUT2D eigenvalue weighted by atomic mass is 19.1. The zero-order valence-corrected chi connectivity index (χ0v) is 13.7. The molecule has 4 heteroatoms. The van der Waals surface area contributed by atoms with Crippen molar-refractivity contribution in [1.82, 2.24) is 14.8 Å². The third-order valence-electron chi connectivity index (χ3n) is 4.59. The second kappa shape index (κ2) is 7.66. The highest BCUT2D eigenvalue weighted by Crippen LogP contribution is 2.19. The van der Waals surface area contributed by atoms with Gasteiger partial charge in [-0.2, -0.15) is 0 Å². The van der Waals surface area contributed by atoms with Crippen molar-refractivity contribution in [2.24, 2.45) is 0 Å². The van der Waals surface area contributed by atoms with Gasteiger partial charge in [-0.05, 0) is 44.6 Å². The number of aromatic nitrogens is 1. The van der Waals surface area contributed by atoms with Gasteiger partial charge in [0.2, 0.25) is 0 Å². The molecule has 0 saturated carbocycles. The van der Waals surface area contributed by atoms with Gasteiger partial charge in [0, 0.05) is 37.4 Å². The fourth-order valence-corrected chi connectivity index (χ4v) is 3.28. The molecule has 0 aliphatic carbocycles. The fraction of sp³-hybridized carbons (Fsp3) is 0.421. The molecule has 1 aliphatic rings. The van der Waals surface area contributed by atoms with Gasteiger partial charge in [-0.1, -0.05) is 24.3 Å². The van der Waals surface area contributed by atoms with Gasteiger partial charge in [-0.3, -0.25) is 14.8 Å². The third-order valence-corrected chi connectivity index (χ3v) is 4.59. The molecule has 0 radical (unpaired) electrons. The summed E-state index contributed by atoms with van der Waals surface area (Å²) >= 11 is 0. The monoisotopic (exact) mass is 313 g/mol. The first-order chi connectivity index (χ1) is 11.2. The molecule has 1 aromatic heterocycles. The van der Waals surface area contributed by atoms with Gasteiger partial charge in [-0.15, -0.1) is 0 Å². The van der Waals surface area contributed by atoms with Gasteiger partial charge in [0.1, 0.15) is 5.82 Å². The van der Waals surface area contributed by atoms with E-state index in [2.05, 4.69) is 27.9 Å². The lowest BCUT2D eigenvalue weighted by Crippen LogP contribution is -2.45. The molecular weight excluding hydrogens is 289 g/mol. The lowest BCUT2D eigenvalue weighted by Gasteiger charge is -2.37. The molecule has 1 saturated heterocycles. The van der Waals surface area contributed by atoms with Crippen LogP contribution in [-0.4, -0.2) is 41.0 Å². The Morgan fingerprint density at radius 1 is 1.22 bits per heavy atom. The number of rotatable bonds is 5. The summed E-state index contributed by atoms with van der Waals surface area (Å²) in [6, 6.07) is 13.6. The first-order valence-corrected chi connectivity index (χ1v) is 8.28. The van der Waals surface area contributed by atoms with Crippen LogP contribution in [-0.2, 0) is 13.1 Å². The molecule has 2 aromatic rings. The average Bonchev–Trinajstić information content (AvgIpc) is 2.58. The van der Waals surface area contributed by atoms with E-state index >= 15 is 0 Å². The Morgan fingerprint density at radius 2 is 2.04 bits per heavy atom. The van der Waals surface area contributed by atoms with Crippen LogP contribution in [0.4, 0.5) is 4.39 Å². The van der Waals surface area contributed by atoms with Crippen molar-refractivity contribution in [1.29, 1.82) is 0 Å². The molecule has 3 nitrogen and oxygen atoms in total. The van der Waals surface area contributed by atoms with Crippen LogP contribution in [0.2, 0.25) is 0 Å². The summed E-state index contributed by atoms with van der Waals surface area (Å²) in [5.41, 5.74) is 1.89. The number of benzene rings is 1. The molecule has 1 fully saturated rings. The normalized spacial score (nSPS) is 19.2. The van der Waals surface area contributed by atoms with E-state index in [1.165, 1.54) is 6.42 Å². The van der Waals surface area contributed by atoms with E-state index in [0.717, 1.165) is 37.3 Å². The second-order valence-corrected chi connectivity index (χ2v) is 6.36. The zero-order chi connectivity index (χ0) is 16.1. The lowest BCUT2D eigenvalue weighted by molar-refractivity contribution is 0.105. The second-order valence-electron chi connectivity index (χ2n) is 6.36. The van der Waals surface area contributed by atoms with E-state index in [9.17, 15) is 4.39 Å². The minimum atomic E-state index is -0.100. The van der Waals surface area contributed by atoms with Gasteiger partial charge < -0.3 is 0 Å². The smallest absolute Gasteiger partial charge is 0.127 e. The standard InChI is InChI=1S/C19H24FN3/c1-22(14-17-8-4-5-11-21-17)18-9-6-12-23(15-18)13-16-7-2-3-10-19(16)20/h2-5,7-8,10-11,18H,6,9,12-15H2,1H3. The summed E-state index contributed by atoms with van der Waals surface area (Å²) in [5.74, 6) is -0.100. The van der Waals surface area contributed by atoms with Gasteiger partial charge >= 0.3 is 0 Å². The van der Waals surface area contributed by atoms with Crippen LogP contribution < -0.4 is 0 Å². The van der Waals surface area contributed by atoms with Gasteiger partial charge in [0.25, 0.3) is 0 Å². The van der Waals surface area contributed by atoms with Crippen LogP contribution in [0.5, 0.6) is 0 Å². The predicted molar refractivity (Wildman–Crippen MR) is 90.4 cm³/mol. The maximum absolute atomic E-state index is 13.8. The number of piperidine rings is 1. The van der Waals surface area contributed by atoms with Crippen molar-refractivity contribution in [2.75, 3.05) is 20.1 Å². The Labute approximate surface area is 137 Å². The molecule has 3 rings (SSSR count). The number of hydrogen-bond donors (Lipinski definition) is 0. The van der Waals surface area contributed by atoms with E-state index in [4.69, 9.17) is 0 Å². The highest BCUT2D eigenvalue weighted by molar-refractivity contribution is 5.17. The summed E-state index contributed by atoms with van der Waals surface area (Å²) in [7, 11) is 2.16. The Kier molecular flexibility index (Phi) is 5.36. The third kappa shape index (κ3) is 4.36. The predicted octanol–water partition coefficient (Wildman–Crippen LogP) is 3.32. The minimum Gasteiger partial charge on any atom is -0.297 e. The van der Waals surface area contributed by atoms with Crippen LogP contribution in [0, 0.1) is 5.82 Å². The van der Waals surface area contributed by atoms with Crippen LogP contribution >= 0.6 is 0 Å². The van der Waals surface area contributed by atoms with Crippen molar-refractivity contribution >= 4 is 0 Å². The maximum atomic E-state index is 13.8. The van der Waals surface area contributed by atoms with E-state index in [0.29, 0.717) is 12.6 Å². The molecule has 0 N–H and O–H groups in total. The Balaban J connectivity index is 1.58. The molecule has 0 amide bonds. The first-order valence-electron chi connectivity index (χ1n) is 8.28. The number of hydrogen-bond acceptors (Lipinski definition) is 3. The fourth-order valence-electron chi connectivity index (χ4n) is 3.28. The maximum Gasteiger partial charge on any atom is 0.127 e. The largest absolute Gasteiger partial charge is 0.297 e. The summed E-state index contributed by atoms with van der Waals surface area (Å²) in [5, 5.41) is 0. The van der Waals surface area contributed by atoms with Gasteiger partial charge in [0.05, 0.1) is 5.69 Å². The number of pyridine rings is 1. The topological polar surface area (TPSA) is 19.4 Å². The molecule has 0 bridgehead atoms. The highest BCUT2D eigenvalue weighted by Gasteiger charge is 2.23. The molecule has 1 atom stereocenters. The SMILES string of the molecule is CN(Cc1ccccn1)C1CCCN(Cc2ccccc2F)C1. The average molecular weight is 313 g/mol. The molecule has 2 heterocycles. The Hall–Kier alpha value is -1.78. The van der Waals surface area contributed by atoms with Crippen molar-refractivity contribution in [2.45, 2.75) is 32.0 Å². The van der Waals surface area contributed by atoms with Crippen LogP contribution in [0.3, 0.4) is 0 Å². The van der Waals surface area contributed by atoms with E-state index in [1.807, 2.05) is 30.5 Å². The van der Waals surface area contributed by atoms with Crippen molar-refractivity contribution in [3.8, 4) is 0 Å². The van der Waals surface area contributed by atoms with Crippen molar-refractivity contribution < 1.29 is 4.39 Å². The molecule has 0 spiro atoms. The first kappa shape index (κ1) is 16.1. The van der Waals surface area contributed by atoms with Gasteiger partial charge in [0.15, 0.2) is 0 Å². The number of likely N-dealkylation sites (tertiary alicyclic amines) is 1. The van der Waals surface area contributed by atoms with Crippen molar-refractivity contribution in [3.63, 3.8) is 0 Å². The van der Waals surface area contributed by atoms with E-state index in [-0.39, 0.29) is 5.82 Å². The number of nitrogens with zero attached hydrogens (tertiary/aromatic N) is 3. The summed E-state index contributed by atoms with van der Waals surface area (Å²) in [6.45, 7) is 3.58. The summed E-state index contributed by atoms with van der Waals surface area (Å²) in [6.07, 6.45) is 4.19. The summed E-state index contributed by atoms with van der Waals surface area (Å²) in [4.78, 5) is 9.14. The molecule has 1 aromatic carbocycles. The zero-order valence-electron chi connectivity index (χ0n) is 13.7. The van der Waals surface area contributed by atoms with E-state index in [1.54, 1.807) is 12.1 Å². The van der Waals surface area contributed by atoms with Crippen LogP contribution in [0.25, 0.3) is 0 Å². The molecular formula is C19H24FN3. The van der Waals surface area contributed by atoms with Gasteiger partial charge in [-0.25, -0.2) is 4.39 Å². The summed E-state index contributed by atoms with van der Waals surface area (Å²) < 4.78 is 13.8. The van der Waals surface area contributed by atoms with Crippen LogP contribution in [0.1, 0.15) is 24.1 Å². The lowest BCUT2D eigenvalue weighted by atomic mass is 10.0. The number of likely N-dealkylation sites (N-methyl/N-ethyl adjacent to an activating group) is 1. The van der Waals surface area contributed by atoms with Crippen LogP contribution in [0.15, 0.2) is 48.7 Å². The molecule has 122 valence electrons. The van der Waals surface area contributed by atoms with Crippen molar-refractivity contribution in [3.05, 3.63) is 65.7 Å². The quantitative estimate of drug-likeness (QED) is 0.844. The molecule has 23 heavy (non-hydrogen) atoms. The Bertz CT molecular complexity index is 617. The van der Waals surface area contributed by atoms with E-state index < -0.39 is 0 Å².